The lowest BCUT2D eigenvalue weighted by Gasteiger charge is -2.12. The second-order valence-corrected chi connectivity index (χ2v) is 7.20. The summed E-state index contributed by atoms with van der Waals surface area (Å²) >= 11 is 12.2. The standard InChI is InChI=1S/C20H24Cl2N2O.ClH/c1-14(16-11-17(21)13-18(22)12-16)10-19-20(7-6-15(2)23-19)25-9-5-8-24(3)4;/h6-7,10-13H,5,8-9H2,1-4H3;1H/b14-10+;. The van der Waals surface area contributed by atoms with Crippen molar-refractivity contribution in [3.8, 4) is 5.75 Å². The molecule has 3 nitrogen and oxygen atoms in total. The van der Waals surface area contributed by atoms with Crippen LogP contribution in [0.2, 0.25) is 10.0 Å². The molecule has 0 aliphatic heterocycles. The molecule has 0 amide bonds. The molecule has 2 rings (SSSR count). The van der Waals surface area contributed by atoms with Gasteiger partial charge in [0.1, 0.15) is 11.4 Å². The predicted octanol–water partition coefficient (Wildman–Crippen LogP) is 6.01. The molecule has 0 unspecified atom stereocenters. The molecule has 26 heavy (non-hydrogen) atoms. The van der Waals surface area contributed by atoms with Crippen molar-refractivity contribution in [2.24, 2.45) is 0 Å². The molecular formula is C20H25Cl3N2O. The van der Waals surface area contributed by atoms with Crippen LogP contribution in [-0.4, -0.2) is 37.1 Å². The number of nitrogens with zero attached hydrogens (tertiary/aromatic N) is 2. The van der Waals surface area contributed by atoms with E-state index in [9.17, 15) is 0 Å². The first-order valence-electron chi connectivity index (χ1n) is 8.25. The van der Waals surface area contributed by atoms with Crippen molar-refractivity contribution < 1.29 is 4.74 Å². The number of aromatic nitrogens is 1. The summed E-state index contributed by atoms with van der Waals surface area (Å²) in [6.45, 7) is 5.64. The Morgan fingerprint density at radius 1 is 1.15 bits per heavy atom. The summed E-state index contributed by atoms with van der Waals surface area (Å²) in [5.74, 6) is 0.789. The van der Waals surface area contributed by atoms with Crippen LogP contribution in [-0.2, 0) is 0 Å². The number of halogens is 3. The van der Waals surface area contributed by atoms with E-state index in [4.69, 9.17) is 27.9 Å². The predicted molar refractivity (Wildman–Crippen MR) is 115 cm³/mol. The summed E-state index contributed by atoms with van der Waals surface area (Å²) in [7, 11) is 4.11. The van der Waals surface area contributed by atoms with E-state index in [0.717, 1.165) is 41.2 Å². The fourth-order valence-electron chi connectivity index (χ4n) is 2.42. The van der Waals surface area contributed by atoms with Crippen LogP contribution in [0.25, 0.3) is 11.6 Å². The minimum absolute atomic E-state index is 0. The van der Waals surface area contributed by atoms with E-state index >= 15 is 0 Å². The fraction of sp³-hybridized carbons (Fsp3) is 0.350. The number of benzene rings is 1. The van der Waals surface area contributed by atoms with Gasteiger partial charge in [0, 0.05) is 22.3 Å². The van der Waals surface area contributed by atoms with E-state index in [-0.39, 0.29) is 12.4 Å². The van der Waals surface area contributed by atoms with E-state index < -0.39 is 0 Å². The first-order valence-corrected chi connectivity index (χ1v) is 9.00. The highest BCUT2D eigenvalue weighted by Crippen LogP contribution is 2.27. The molecule has 0 saturated carbocycles. The molecule has 0 fully saturated rings. The van der Waals surface area contributed by atoms with Gasteiger partial charge in [-0.2, -0.15) is 0 Å². The van der Waals surface area contributed by atoms with Gasteiger partial charge in [0.2, 0.25) is 0 Å². The number of hydrogen-bond donors (Lipinski definition) is 0. The molecule has 6 heteroatoms. The molecule has 2 aromatic rings. The van der Waals surface area contributed by atoms with E-state index in [2.05, 4.69) is 24.0 Å². The summed E-state index contributed by atoms with van der Waals surface area (Å²) in [5.41, 5.74) is 3.77. The lowest BCUT2D eigenvalue weighted by atomic mass is 10.1. The lowest BCUT2D eigenvalue weighted by molar-refractivity contribution is 0.280. The molecule has 0 spiro atoms. The summed E-state index contributed by atoms with van der Waals surface area (Å²) in [5, 5.41) is 1.24. The molecule has 1 aromatic heterocycles. The Balaban J connectivity index is 0.00000338. The quantitative estimate of drug-likeness (QED) is 0.518. The molecule has 0 atom stereocenters. The van der Waals surface area contributed by atoms with Crippen LogP contribution in [0, 0.1) is 6.92 Å². The van der Waals surface area contributed by atoms with Crippen molar-refractivity contribution in [2.75, 3.05) is 27.2 Å². The summed E-state index contributed by atoms with van der Waals surface area (Å²) in [6.07, 6.45) is 2.98. The monoisotopic (exact) mass is 414 g/mol. The van der Waals surface area contributed by atoms with E-state index in [0.29, 0.717) is 16.7 Å². The molecular weight excluding hydrogens is 391 g/mol. The second-order valence-electron chi connectivity index (χ2n) is 6.33. The first kappa shape index (κ1) is 22.8. The van der Waals surface area contributed by atoms with Crippen molar-refractivity contribution in [3.63, 3.8) is 0 Å². The van der Waals surface area contributed by atoms with E-state index in [1.165, 1.54) is 0 Å². The maximum atomic E-state index is 6.11. The SMILES string of the molecule is C/C(=C\c1nc(C)ccc1OCCCN(C)C)c1cc(Cl)cc(Cl)c1.Cl. The molecule has 0 aliphatic carbocycles. The van der Waals surface area contributed by atoms with Crippen LogP contribution in [0.5, 0.6) is 5.75 Å². The summed E-state index contributed by atoms with van der Waals surface area (Å²) in [6, 6.07) is 9.45. The average molecular weight is 416 g/mol. The lowest BCUT2D eigenvalue weighted by Crippen LogP contribution is -2.15. The molecule has 1 heterocycles. The zero-order valence-electron chi connectivity index (χ0n) is 15.6. The highest BCUT2D eigenvalue weighted by atomic mass is 35.5. The van der Waals surface area contributed by atoms with Crippen LogP contribution in [0.15, 0.2) is 30.3 Å². The number of aryl methyl sites for hydroxylation is 1. The molecule has 0 radical (unpaired) electrons. The third kappa shape index (κ3) is 7.16. The smallest absolute Gasteiger partial charge is 0.144 e. The topological polar surface area (TPSA) is 25.4 Å². The maximum absolute atomic E-state index is 6.11. The van der Waals surface area contributed by atoms with Gasteiger partial charge in [0.25, 0.3) is 0 Å². The second kappa shape index (κ2) is 10.8. The average Bonchev–Trinajstić information content (AvgIpc) is 2.52. The van der Waals surface area contributed by atoms with Gasteiger partial charge in [-0.25, -0.2) is 4.98 Å². The van der Waals surface area contributed by atoms with Gasteiger partial charge in [0.15, 0.2) is 0 Å². The Morgan fingerprint density at radius 3 is 2.42 bits per heavy atom. The van der Waals surface area contributed by atoms with Crippen molar-refractivity contribution in [1.29, 1.82) is 0 Å². The molecule has 0 saturated heterocycles. The van der Waals surface area contributed by atoms with Crippen LogP contribution < -0.4 is 4.74 Å². The van der Waals surface area contributed by atoms with Gasteiger partial charge in [-0.3, -0.25) is 0 Å². The highest BCUT2D eigenvalue weighted by Gasteiger charge is 2.07. The van der Waals surface area contributed by atoms with Crippen LogP contribution in [0.1, 0.15) is 30.3 Å². The zero-order chi connectivity index (χ0) is 18.4. The molecule has 0 aliphatic rings. The largest absolute Gasteiger partial charge is 0.491 e. The van der Waals surface area contributed by atoms with Gasteiger partial charge in [0.05, 0.1) is 6.61 Å². The third-order valence-electron chi connectivity index (χ3n) is 3.70. The summed E-state index contributed by atoms with van der Waals surface area (Å²) < 4.78 is 5.94. The van der Waals surface area contributed by atoms with E-state index in [1.807, 2.05) is 44.2 Å². The van der Waals surface area contributed by atoms with Gasteiger partial charge < -0.3 is 9.64 Å². The van der Waals surface area contributed by atoms with Crippen LogP contribution in [0.4, 0.5) is 0 Å². The van der Waals surface area contributed by atoms with Crippen molar-refractivity contribution >= 4 is 47.3 Å². The fourth-order valence-corrected chi connectivity index (χ4v) is 2.95. The minimum Gasteiger partial charge on any atom is -0.491 e. The number of allylic oxidation sites excluding steroid dienone is 1. The van der Waals surface area contributed by atoms with Crippen molar-refractivity contribution in [1.82, 2.24) is 9.88 Å². The van der Waals surface area contributed by atoms with Gasteiger partial charge in [-0.05, 0) is 81.9 Å². The van der Waals surface area contributed by atoms with Crippen LogP contribution >= 0.6 is 35.6 Å². The normalized spacial score (nSPS) is 11.4. The number of rotatable bonds is 7. The number of pyridine rings is 1. The Kier molecular flexibility index (Phi) is 9.45. The third-order valence-corrected chi connectivity index (χ3v) is 4.14. The molecule has 0 bridgehead atoms. The van der Waals surface area contributed by atoms with Crippen LogP contribution in [0.3, 0.4) is 0 Å². The van der Waals surface area contributed by atoms with Gasteiger partial charge in [-0.15, -0.1) is 12.4 Å². The maximum Gasteiger partial charge on any atom is 0.144 e. The molecule has 0 N–H and O–H groups in total. The van der Waals surface area contributed by atoms with Gasteiger partial charge >= 0.3 is 0 Å². The number of ether oxygens (including phenoxy) is 1. The Labute approximate surface area is 172 Å². The zero-order valence-corrected chi connectivity index (χ0v) is 17.9. The minimum atomic E-state index is 0. The molecule has 142 valence electrons. The van der Waals surface area contributed by atoms with Crippen molar-refractivity contribution in [3.05, 3.63) is 57.3 Å². The number of hydrogen-bond acceptors (Lipinski definition) is 3. The Bertz CT molecular complexity index is 740. The Hall–Kier alpha value is -1.26. The first-order chi connectivity index (χ1) is 11.8. The van der Waals surface area contributed by atoms with Gasteiger partial charge in [-0.1, -0.05) is 23.2 Å². The van der Waals surface area contributed by atoms with E-state index in [1.54, 1.807) is 6.07 Å². The highest BCUT2D eigenvalue weighted by molar-refractivity contribution is 6.34. The summed E-state index contributed by atoms with van der Waals surface area (Å²) in [4.78, 5) is 6.76. The Morgan fingerprint density at radius 2 is 1.81 bits per heavy atom. The molecule has 1 aromatic carbocycles. The van der Waals surface area contributed by atoms with Crippen molar-refractivity contribution in [2.45, 2.75) is 20.3 Å².